The molecular formula is C11H15FN2O2S. The van der Waals surface area contributed by atoms with Crippen molar-refractivity contribution in [2.45, 2.75) is 30.7 Å². The molecule has 2 rings (SSSR count). The minimum absolute atomic E-state index is 0.00371. The lowest BCUT2D eigenvalue weighted by molar-refractivity contribution is 0.417. The lowest BCUT2D eigenvalue weighted by atomic mass is 10.3. The van der Waals surface area contributed by atoms with Gasteiger partial charge in [-0.3, -0.25) is 0 Å². The first-order valence-electron chi connectivity index (χ1n) is 5.54. The minimum Gasteiger partial charge on any atom is -0.398 e. The molecule has 1 aliphatic rings. The number of nitrogens with two attached hydrogens (primary N) is 1. The van der Waals surface area contributed by atoms with E-state index in [0.717, 1.165) is 18.9 Å². The molecule has 17 heavy (non-hydrogen) atoms. The number of anilines is 1. The van der Waals surface area contributed by atoms with E-state index in [1.54, 1.807) is 6.92 Å². The molecule has 0 spiro atoms. The topological polar surface area (TPSA) is 63.4 Å². The maximum absolute atomic E-state index is 13.6. The van der Waals surface area contributed by atoms with Crippen molar-refractivity contribution >= 4 is 15.7 Å². The molecule has 94 valence electrons. The Labute approximate surface area is 100 Å². The van der Waals surface area contributed by atoms with Crippen LogP contribution in [0.3, 0.4) is 0 Å². The largest absolute Gasteiger partial charge is 0.398 e. The Morgan fingerprint density at radius 2 is 2.12 bits per heavy atom. The second kappa shape index (κ2) is 4.27. The van der Waals surface area contributed by atoms with E-state index in [1.165, 1.54) is 16.4 Å². The van der Waals surface area contributed by atoms with Crippen molar-refractivity contribution in [2.24, 2.45) is 0 Å². The van der Waals surface area contributed by atoms with Gasteiger partial charge in [0.15, 0.2) is 0 Å². The molecule has 6 heteroatoms. The van der Waals surface area contributed by atoms with E-state index < -0.39 is 20.7 Å². The number of rotatable bonds is 4. The monoisotopic (exact) mass is 258 g/mol. The maximum Gasteiger partial charge on any atom is 0.248 e. The summed E-state index contributed by atoms with van der Waals surface area (Å²) in [6.07, 6.45) is 1.67. The van der Waals surface area contributed by atoms with Crippen LogP contribution in [0, 0.1) is 5.82 Å². The highest BCUT2D eigenvalue weighted by molar-refractivity contribution is 7.89. The van der Waals surface area contributed by atoms with Crippen LogP contribution in [-0.2, 0) is 10.0 Å². The van der Waals surface area contributed by atoms with Gasteiger partial charge in [0.2, 0.25) is 10.0 Å². The first kappa shape index (κ1) is 12.3. The molecule has 1 aromatic carbocycles. The molecule has 0 atom stereocenters. The first-order valence-corrected chi connectivity index (χ1v) is 6.98. The number of nitrogens with zero attached hydrogens (tertiary/aromatic N) is 1. The van der Waals surface area contributed by atoms with Crippen molar-refractivity contribution in [2.75, 3.05) is 12.3 Å². The number of halogens is 1. The molecule has 0 heterocycles. The fraction of sp³-hybridized carbons (Fsp3) is 0.455. The van der Waals surface area contributed by atoms with Crippen molar-refractivity contribution in [1.29, 1.82) is 0 Å². The van der Waals surface area contributed by atoms with Gasteiger partial charge in [-0.05, 0) is 25.0 Å². The molecule has 1 aromatic rings. The molecule has 0 aliphatic heterocycles. The van der Waals surface area contributed by atoms with Gasteiger partial charge in [0.05, 0.1) is 5.69 Å². The van der Waals surface area contributed by atoms with Crippen molar-refractivity contribution in [3.05, 3.63) is 24.0 Å². The number of hydrogen-bond acceptors (Lipinski definition) is 3. The van der Waals surface area contributed by atoms with Gasteiger partial charge in [-0.15, -0.1) is 0 Å². The Morgan fingerprint density at radius 1 is 1.47 bits per heavy atom. The fourth-order valence-electron chi connectivity index (χ4n) is 1.90. The number of nitrogen functional groups attached to an aromatic ring is 1. The lowest BCUT2D eigenvalue weighted by Crippen LogP contribution is -2.33. The summed E-state index contributed by atoms with van der Waals surface area (Å²) in [4.78, 5) is -0.395. The predicted octanol–water partition coefficient (Wildman–Crippen LogP) is 1.58. The Bertz CT molecular complexity index is 506. The van der Waals surface area contributed by atoms with E-state index in [0.29, 0.717) is 6.54 Å². The van der Waals surface area contributed by atoms with Crippen LogP contribution in [0.2, 0.25) is 0 Å². The highest BCUT2D eigenvalue weighted by atomic mass is 32.2. The van der Waals surface area contributed by atoms with Gasteiger partial charge in [0, 0.05) is 12.6 Å². The van der Waals surface area contributed by atoms with Crippen molar-refractivity contribution in [1.82, 2.24) is 4.31 Å². The molecule has 1 fully saturated rings. The lowest BCUT2D eigenvalue weighted by Gasteiger charge is -2.21. The summed E-state index contributed by atoms with van der Waals surface area (Å²) in [5.41, 5.74) is 5.54. The molecule has 0 saturated heterocycles. The quantitative estimate of drug-likeness (QED) is 0.834. The number of benzene rings is 1. The molecule has 0 amide bonds. The Balaban J connectivity index is 2.50. The highest BCUT2D eigenvalue weighted by Gasteiger charge is 2.38. The second-order valence-electron chi connectivity index (χ2n) is 4.10. The van der Waals surface area contributed by atoms with E-state index in [9.17, 15) is 12.8 Å². The highest BCUT2D eigenvalue weighted by Crippen LogP contribution is 2.34. The molecule has 1 aliphatic carbocycles. The molecule has 1 saturated carbocycles. The molecular weight excluding hydrogens is 243 g/mol. The summed E-state index contributed by atoms with van der Waals surface area (Å²) >= 11 is 0. The molecule has 0 unspecified atom stereocenters. The van der Waals surface area contributed by atoms with Crippen molar-refractivity contribution in [3.63, 3.8) is 0 Å². The van der Waals surface area contributed by atoms with E-state index in [1.807, 2.05) is 0 Å². The van der Waals surface area contributed by atoms with Gasteiger partial charge in [0.25, 0.3) is 0 Å². The Hall–Kier alpha value is -1.14. The summed E-state index contributed by atoms with van der Waals surface area (Å²) < 4.78 is 39.5. The standard InChI is InChI=1S/C11H15FN2O2S/c1-2-14(8-6-7-8)17(15,16)11-9(12)4-3-5-10(11)13/h3-5,8H,2,6-7,13H2,1H3. The average molecular weight is 258 g/mol. The van der Waals surface area contributed by atoms with Gasteiger partial charge < -0.3 is 5.73 Å². The zero-order valence-corrected chi connectivity index (χ0v) is 10.4. The van der Waals surface area contributed by atoms with Gasteiger partial charge in [-0.2, -0.15) is 4.31 Å². The summed E-state index contributed by atoms with van der Waals surface area (Å²) in [5.74, 6) is -0.788. The Morgan fingerprint density at radius 3 is 2.59 bits per heavy atom. The smallest absolute Gasteiger partial charge is 0.248 e. The van der Waals surface area contributed by atoms with Crippen LogP contribution in [0.1, 0.15) is 19.8 Å². The third-order valence-electron chi connectivity index (χ3n) is 2.83. The van der Waals surface area contributed by atoms with Crippen LogP contribution in [0.15, 0.2) is 23.1 Å². The van der Waals surface area contributed by atoms with E-state index in [2.05, 4.69) is 0 Å². The third-order valence-corrected chi connectivity index (χ3v) is 4.95. The number of sulfonamides is 1. The minimum atomic E-state index is -3.82. The molecule has 0 bridgehead atoms. The average Bonchev–Trinajstić information content (AvgIpc) is 3.01. The molecule has 0 radical (unpaired) electrons. The SMILES string of the molecule is CCN(C1CC1)S(=O)(=O)c1c(N)cccc1F. The first-order chi connectivity index (χ1) is 7.98. The van der Waals surface area contributed by atoms with Crippen LogP contribution in [0.4, 0.5) is 10.1 Å². The molecule has 2 N–H and O–H groups in total. The molecule has 0 aromatic heterocycles. The normalized spacial score (nSPS) is 16.4. The second-order valence-corrected chi connectivity index (χ2v) is 5.93. The summed E-state index contributed by atoms with van der Waals surface area (Å²) in [5, 5.41) is 0. The summed E-state index contributed by atoms with van der Waals surface area (Å²) in [6.45, 7) is 2.08. The summed E-state index contributed by atoms with van der Waals surface area (Å²) in [7, 11) is -3.82. The Kier molecular flexibility index (Phi) is 3.09. The van der Waals surface area contributed by atoms with Crippen molar-refractivity contribution in [3.8, 4) is 0 Å². The van der Waals surface area contributed by atoms with E-state index in [-0.39, 0.29) is 11.7 Å². The number of hydrogen-bond donors (Lipinski definition) is 1. The van der Waals surface area contributed by atoms with E-state index in [4.69, 9.17) is 5.73 Å². The fourth-order valence-corrected chi connectivity index (χ4v) is 3.76. The van der Waals surface area contributed by atoms with Gasteiger partial charge >= 0.3 is 0 Å². The van der Waals surface area contributed by atoms with Crippen LogP contribution >= 0.6 is 0 Å². The van der Waals surface area contributed by atoms with Crippen LogP contribution in [0.25, 0.3) is 0 Å². The van der Waals surface area contributed by atoms with Crippen molar-refractivity contribution < 1.29 is 12.8 Å². The third kappa shape index (κ3) is 2.14. The zero-order chi connectivity index (χ0) is 12.6. The molecule has 4 nitrogen and oxygen atoms in total. The van der Waals surface area contributed by atoms with Gasteiger partial charge in [-0.25, -0.2) is 12.8 Å². The predicted molar refractivity (Wildman–Crippen MR) is 63.4 cm³/mol. The van der Waals surface area contributed by atoms with E-state index >= 15 is 0 Å². The van der Waals surface area contributed by atoms with Gasteiger partial charge in [0.1, 0.15) is 10.7 Å². The van der Waals surface area contributed by atoms with Crippen LogP contribution < -0.4 is 5.73 Å². The van der Waals surface area contributed by atoms with Crippen LogP contribution in [-0.4, -0.2) is 25.3 Å². The zero-order valence-electron chi connectivity index (χ0n) is 9.56. The summed E-state index contributed by atoms with van der Waals surface area (Å²) in [6, 6.07) is 3.92. The van der Waals surface area contributed by atoms with Gasteiger partial charge in [-0.1, -0.05) is 13.0 Å². The maximum atomic E-state index is 13.6. The van der Waals surface area contributed by atoms with Crippen LogP contribution in [0.5, 0.6) is 0 Å².